The topological polar surface area (TPSA) is 279 Å². The van der Waals surface area contributed by atoms with Crippen molar-refractivity contribution >= 4 is 35.6 Å². The van der Waals surface area contributed by atoms with E-state index in [0.29, 0.717) is 18.4 Å². The molecule has 0 radical (unpaired) electrons. The number of hydrogen-bond acceptors (Lipinski definition) is 7. The van der Waals surface area contributed by atoms with Gasteiger partial charge in [-0.15, -0.1) is 0 Å². The summed E-state index contributed by atoms with van der Waals surface area (Å²) in [6, 6.07) is 13.3. The predicted molar refractivity (Wildman–Crippen MR) is 172 cm³/mol. The van der Waals surface area contributed by atoms with Crippen molar-refractivity contribution in [3.8, 4) is 0 Å². The van der Waals surface area contributed by atoms with E-state index in [9.17, 15) is 24.3 Å². The second-order valence-corrected chi connectivity index (χ2v) is 10.4. The molecule has 45 heavy (non-hydrogen) atoms. The number of carbonyl (C=O) groups excluding carboxylic acids is 3. The Morgan fingerprint density at radius 3 is 1.53 bits per heavy atom. The molecule has 4 unspecified atom stereocenters. The van der Waals surface area contributed by atoms with Gasteiger partial charge in [0.2, 0.25) is 17.7 Å². The minimum atomic E-state index is -1.26. The highest BCUT2D eigenvalue weighted by atomic mass is 16.4. The molecule has 3 amide bonds. The van der Waals surface area contributed by atoms with Crippen molar-refractivity contribution in [2.24, 2.45) is 38.7 Å². The van der Waals surface area contributed by atoms with Gasteiger partial charge in [-0.1, -0.05) is 60.7 Å². The third-order valence-electron chi connectivity index (χ3n) is 6.70. The fourth-order valence-corrected chi connectivity index (χ4v) is 4.36. The number of amides is 3. The normalized spacial score (nSPS) is 13.3. The van der Waals surface area contributed by atoms with Crippen molar-refractivity contribution in [3.63, 3.8) is 0 Å². The summed E-state index contributed by atoms with van der Waals surface area (Å²) < 4.78 is 0. The lowest BCUT2D eigenvalue weighted by molar-refractivity contribution is -0.142. The standard InChI is InChI=1S/C30H44N10O5/c31-21(13-7-15-36-29(32)33)25(41)39-23(17-19-9-3-1-4-10-19)27(43)38-22(14-8-16-37-30(34)35)26(42)40-24(28(44)45)18-20-11-5-2-6-12-20/h1-6,9-12,21-24H,7-8,13-18,31H2,(H,38,43)(H,39,41)(H,40,42)(H,44,45)(H4,32,33,36)(H4,34,35,37). The van der Waals surface area contributed by atoms with Crippen LogP contribution in [0, 0.1) is 0 Å². The molecule has 15 heteroatoms. The lowest BCUT2D eigenvalue weighted by atomic mass is 10.0. The van der Waals surface area contributed by atoms with Gasteiger partial charge < -0.3 is 49.7 Å². The zero-order chi connectivity index (χ0) is 33.2. The van der Waals surface area contributed by atoms with E-state index < -0.39 is 47.9 Å². The fourth-order valence-electron chi connectivity index (χ4n) is 4.36. The zero-order valence-electron chi connectivity index (χ0n) is 25.1. The highest BCUT2D eigenvalue weighted by molar-refractivity contribution is 5.94. The number of aliphatic carboxylic acids is 1. The lowest BCUT2D eigenvalue weighted by Gasteiger charge is -2.25. The molecule has 0 saturated heterocycles. The molecule has 244 valence electrons. The van der Waals surface area contributed by atoms with E-state index in [4.69, 9.17) is 28.7 Å². The molecule has 4 atom stereocenters. The smallest absolute Gasteiger partial charge is 0.326 e. The van der Waals surface area contributed by atoms with Gasteiger partial charge in [-0.2, -0.15) is 0 Å². The van der Waals surface area contributed by atoms with E-state index in [2.05, 4.69) is 25.9 Å². The van der Waals surface area contributed by atoms with Gasteiger partial charge in [0, 0.05) is 25.9 Å². The van der Waals surface area contributed by atoms with Crippen LogP contribution in [0.2, 0.25) is 0 Å². The van der Waals surface area contributed by atoms with Crippen molar-refractivity contribution in [1.82, 2.24) is 16.0 Å². The second kappa shape index (κ2) is 19.2. The van der Waals surface area contributed by atoms with Crippen LogP contribution in [0.15, 0.2) is 70.6 Å². The molecule has 0 spiro atoms. The maximum Gasteiger partial charge on any atom is 0.326 e. The number of carboxylic acid groups (broad SMARTS) is 1. The number of guanidine groups is 2. The van der Waals surface area contributed by atoms with Crippen molar-refractivity contribution in [2.45, 2.75) is 62.7 Å². The summed E-state index contributed by atoms with van der Waals surface area (Å²) in [5, 5.41) is 17.7. The molecule has 0 aliphatic heterocycles. The van der Waals surface area contributed by atoms with Crippen LogP contribution >= 0.6 is 0 Å². The Bertz CT molecular complexity index is 1300. The average Bonchev–Trinajstić information content (AvgIpc) is 3.00. The molecule has 0 heterocycles. The number of aliphatic imine (C=N–C) groups is 2. The van der Waals surface area contributed by atoms with Crippen LogP contribution in [-0.4, -0.2) is 78.0 Å². The number of rotatable bonds is 19. The maximum absolute atomic E-state index is 13.6. The van der Waals surface area contributed by atoms with Crippen LogP contribution in [0.25, 0.3) is 0 Å². The molecule has 0 saturated carbocycles. The van der Waals surface area contributed by atoms with E-state index in [1.54, 1.807) is 54.6 Å². The van der Waals surface area contributed by atoms with Crippen LogP contribution in [0.4, 0.5) is 0 Å². The SMILES string of the molecule is NC(N)=NCCCC(N)C(=O)NC(Cc1ccccc1)C(=O)NC(CCCN=C(N)N)C(=O)NC(Cc1ccccc1)C(=O)O. The first-order chi connectivity index (χ1) is 21.5. The Balaban J connectivity index is 2.22. The van der Waals surface area contributed by atoms with Crippen LogP contribution in [0.1, 0.15) is 36.8 Å². The van der Waals surface area contributed by atoms with E-state index in [1.165, 1.54) is 0 Å². The summed E-state index contributed by atoms with van der Waals surface area (Å²) >= 11 is 0. The summed E-state index contributed by atoms with van der Waals surface area (Å²) in [4.78, 5) is 59.8. The van der Waals surface area contributed by atoms with E-state index in [0.717, 1.165) is 5.56 Å². The van der Waals surface area contributed by atoms with Gasteiger partial charge in [-0.3, -0.25) is 24.4 Å². The van der Waals surface area contributed by atoms with Gasteiger partial charge in [0.25, 0.3) is 0 Å². The van der Waals surface area contributed by atoms with E-state index >= 15 is 0 Å². The number of nitrogens with zero attached hydrogens (tertiary/aromatic N) is 2. The Labute approximate surface area is 262 Å². The maximum atomic E-state index is 13.6. The number of hydrogen-bond donors (Lipinski definition) is 9. The number of carboxylic acids is 1. The average molecular weight is 625 g/mol. The first-order valence-electron chi connectivity index (χ1n) is 14.5. The van der Waals surface area contributed by atoms with Crippen LogP contribution in [0.3, 0.4) is 0 Å². The molecule has 2 aromatic carbocycles. The van der Waals surface area contributed by atoms with E-state index in [-0.39, 0.29) is 50.7 Å². The molecule has 15 nitrogen and oxygen atoms in total. The van der Waals surface area contributed by atoms with Gasteiger partial charge in [0.15, 0.2) is 11.9 Å². The molecule has 2 aromatic rings. The molecular weight excluding hydrogens is 580 g/mol. The van der Waals surface area contributed by atoms with Gasteiger partial charge >= 0.3 is 5.97 Å². The fraction of sp³-hybridized carbons (Fsp3) is 0.400. The largest absolute Gasteiger partial charge is 0.480 e. The molecule has 0 aliphatic rings. The summed E-state index contributed by atoms with van der Waals surface area (Å²) in [7, 11) is 0. The third-order valence-corrected chi connectivity index (χ3v) is 6.70. The Hall–Kier alpha value is -5.18. The number of carbonyl (C=O) groups is 4. The van der Waals surface area contributed by atoms with Crippen LogP contribution in [0.5, 0.6) is 0 Å². The first-order valence-corrected chi connectivity index (χ1v) is 14.5. The molecule has 14 N–H and O–H groups in total. The minimum Gasteiger partial charge on any atom is -0.480 e. The summed E-state index contributed by atoms with van der Waals surface area (Å²) in [6.07, 6.45) is 1.22. The Morgan fingerprint density at radius 2 is 1.04 bits per heavy atom. The number of benzene rings is 2. The minimum absolute atomic E-state index is 0.0321. The Kier molecular flexibility index (Phi) is 15.3. The molecule has 2 rings (SSSR count). The van der Waals surface area contributed by atoms with Gasteiger partial charge in [-0.05, 0) is 36.8 Å². The molecular formula is C30H44N10O5. The lowest BCUT2D eigenvalue weighted by Crippen LogP contribution is -2.57. The predicted octanol–water partition coefficient (Wildman–Crippen LogP) is -1.55. The van der Waals surface area contributed by atoms with Crippen LogP contribution in [-0.2, 0) is 32.0 Å². The van der Waals surface area contributed by atoms with Gasteiger partial charge in [0.05, 0.1) is 6.04 Å². The number of nitrogens with two attached hydrogens (primary N) is 5. The van der Waals surface area contributed by atoms with Gasteiger partial charge in [-0.25, -0.2) is 4.79 Å². The highest BCUT2D eigenvalue weighted by Gasteiger charge is 2.30. The third kappa shape index (κ3) is 14.2. The van der Waals surface area contributed by atoms with Crippen molar-refractivity contribution in [3.05, 3.63) is 71.8 Å². The molecule has 0 aliphatic carbocycles. The van der Waals surface area contributed by atoms with Crippen LogP contribution < -0.4 is 44.6 Å². The highest BCUT2D eigenvalue weighted by Crippen LogP contribution is 2.09. The van der Waals surface area contributed by atoms with Crippen molar-refractivity contribution < 1.29 is 24.3 Å². The number of nitrogens with one attached hydrogen (secondary N) is 3. The van der Waals surface area contributed by atoms with Crippen molar-refractivity contribution in [1.29, 1.82) is 0 Å². The molecule has 0 bridgehead atoms. The summed E-state index contributed by atoms with van der Waals surface area (Å²) in [6.45, 7) is 0.461. The Morgan fingerprint density at radius 1 is 0.622 bits per heavy atom. The first kappa shape index (κ1) is 36.0. The summed E-state index contributed by atoms with van der Waals surface area (Å²) in [5.41, 5.74) is 29.0. The van der Waals surface area contributed by atoms with Crippen molar-refractivity contribution in [2.75, 3.05) is 13.1 Å². The quantitative estimate of drug-likeness (QED) is 0.0492. The zero-order valence-corrected chi connectivity index (χ0v) is 25.1. The molecule has 0 aromatic heterocycles. The summed E-state index contributed by atoms with van der Waals surface area (Å²) in [5.74, 6) is -3.37. The van der Waals surface area contributed by atoms with Gasteiger partial charge in [0.1, 0.15) is 18.1 Å². The monoisotopic (exact) mass is 624 g/mol. The van der Waals surface area contributed by atoms with E-state index in [1.807, 2.05) is 6.07 Å². The second-order valence-electron chi connectivity index (χ2n) is 10.4. The molecule has 0 fully saturated rings.